The summed E-state index contributed by atoms with van der Waals surface area (Å²) in [6.45, 7) is 12.6. The lowest BCUT2D eigenvalue weighted by Gasteiger charge is -2.64. The maximum absolute atomic E-state index is 12.3. The van der Waals surface area contributed by atoms with Gasteiger partial charge in [-0.15, -0.1) is 0 Å². The van der Waals surface area contributed by atoms with Crippen LogP contribution in [-0.4, -0.2) is 23.1 Å². The lowest BCUT2D eigenvalue weighted by atomic mass is 9.48. The van der Waals surface area contributed by atoms with E-state index in [-0.39, 0.29) is 11.9 Å². The van der Waals surface area contributed by atoms with Gasteiger partial charge in [0.1, 0.15) is 0 Å². The van der Waals surface area contributed by atoms with Gasteiger partial charge in [-0.05, 0) is 64.7 Å². The molecular weight excluding hydrogens is 292 g/mol. The van der Waals surface area contributed by atoms with Crippen LogP contribution in [0.2, 0.25) is 0 Å². The van der Waals surface area contributed by atoms with Crippen LogP contribution in [0.15, 0.2) is 24.3 Å². The predicted molar refractivity (Wildman–Crippen MR) is 86.5 cm³/mol. The van der Waals surface area contributed by atoms with E-state index < -0.39 is 17.2 Å². The molecule has 126 valence electrons. The largest absolute Gasteiger partial charge is 0.451 e. The summed E-state index contributed by atoms with van der Waals surface area (Å²) in [7, 11) is 0. The minimum atomic E-state index is -0.776. The van der Waals surface area contributed by atoms with Crippen LogP contribution in [0.25, 0.3) is 0 Å². The molecule has 0 aliphatic heterocycles. The predicted octanol–water partition coefficient (Wildman–Crippen LogP) is 3.56. The van der Waals surface area contributed by atoms with Crippen LogP contribution in [0.3, 0.4) is 0 Å². The Morgan fingerprint density at radius 3 is 1.87 bits per heavy atom. The number of hydrogen-bond donors (Lipinski definition) is 0. The van der Waals surface area contributed by atoms with Gasteiger partial charge in [-0.2, -0.15) is 0 Å². The van der Waals surface area contributed by atoms with E-state index in [2.05, 4.69) is 13.2 Å². The van der Waals surface area contributed by atoms with E-state index >= 15 is 0 Å². The van der Waals surface area contributed by atoms with Gasteiger partial charge in [0.15, 0.2) is 11.2 Å². The summed E-state index contributed by atoms with van der Waals surface area (Å²) in [4.78, 5) is 24.5. The van der Waals surface area contributed by atoms with Gasteiger partial charge in [0.05, 0.1) is 0 Å². The summed E-state index contributed by atoms with van der Waals surface area (Å²) in [6.07, 6.45) is 4.84. The average Bonchev–Trinajstić information content (AvgIpc) is 2.43. The van der Waals surface area contributed by atoms with Gasteiger partial charge in [0.25, 0.3) is 0 Å². The van der Waals surface area contributed by atoms with Crippen molar-refractivity contribution in [2.45, 2.75) is 64.1 Å². The molecule has 3 atom stereocenters. The molecule has 3 unspecified atom stereocenters. The molecule has 0 spiro atoms. The van der Waals surface area contributed by atoms with E-state index in [9.17, 15) is 9.59 Å². The lowest BCUT2D eigenvalue weighted by molar-refractivity contribution is -0.274. The molecule has 4 nitrogen and oxygen atoms in total. The van der Waals surface area contributed by atoms with Crippen LogP contribution in [0.4, 0.5) is 0 Å². The molecule has 4 saturated carbocycles. The van der Waals surface area contributed by atoms with Gasteiger partial charge >= 0.3 is 11.9 Å². The SMILES string of the molecule is C=C(C)C(=O)OC12CC3CC(CC(C3)C1(C)OC(=O)C(=C)C)C2. The topological polar surface area (TPSA) is 52.6 Å². The van der Waals surface area contributed by atoms with Crippen molar-refractivity contribution < 1.29 is 19.1 Å². The molecule has 0 saturated heterocycles. The molecule has 0 aromatic heterocycles. The van der Waals surface area contributed by atoms with Crippen LogP contribution in [0, 0.1) is 17.8 Å². The third-order valence-electron chi connectivity index (χ3n) is 6.11. The zero-order valence-corrected chi connectivity index (χ0v) is 14.3. The molecule has 4 heteroatoms. The molecule has 0 heterocycles. The molecule has 4 rings (SSSR count). The van der Waals surface area contributed by atoms with Crippen LogP contribution in [0.5, 0.6) is 0 Å². The Kier molecular flexibility index (Phi) is 3.69. The number of carbonyl (C=O) groups excluding carboxylic acids is 2. The number of hydrogen-bond acceptors (Lipinski definition) is 4. The highest BCUT2D eigenvalue weighted by Crippen LogP contribution is 2.63. The normalized spacial score (nSPS) is 40.6. The summed E-state index contributed by atoms with van der Waals surface area (Å²) in [5.74, 6) is 0.578. The Bertz CT molecular complexity index is 576. The highest BCUT2D eigenvalue weighted by Gasteiger charge is 2.68. The zero-order chi connectivity index (χ0) is 17.0. The molecule has 0 aromatic rings. The van der Waals surface area contributed by atoms with Crippen molar-refractivity contribution in [2.75, 3.05) is 0 Å². The third kappa shape index (κ3) is 2.43. The molecular formula is C19H26O4. The van der Waals surface area contributed by atoms with E-state index in [0.29, 0.717) is 23.0 Å². The fourth-order valence-corrected chi connectivity index (χ4v) is 5.05. The molecule has 4 aliphatic rings. The van der Waals surface area contributed by atoms with Crippen molar-refractivity contribution >= 4 is 11.9 Å². The van der Waals surface area contributed by atoms with Crippen molar-refractivity contribution in [2.24, 2.45) is 17.8 Å². The van der Waals surface area contributed by atoms with Gasteiger partial charge in [-0.3, -0.25) is 0 Å². The monoisotopic (exact) mass is 318 g/mol. The average molecular weight is 318 g/mol. The summed E-state index contributed by atoms with van der Waals surface area (Å²) in [6, 6.07) is 0. The first kappa shape index (κ1) is 16.3. The molecule has 4 aliphatic carbocycles. The molecule has 4 fully saturated rings. The molecule has 0 N–H and O–H groups in total. The number of esters is 2. The van der Waals surface area contributed by atoms with Gasteiger partial charge in [0.2, 0.25) is 0 Å². The van der Waals surface area contributed by atoms with Gasteiger partial charge in [-0.25, -0.2) is 9.59 Å². The van der Waals surface area contributed by atoms with Crippen LogP contribution in [0.1, 0.15) is 52.9 Å². The first-order valence-electron chi connectivity index (χ1n) is 8.44. The zero-order valence-electron chi connectivity index (χ0n) is 14.3. The molecule has 0 radical (unpaired) electrons. The molecule has 4 bridgehead atoms. The Morgan fingerprint density at radius 1 is 0.913 bits per heavy atom. The summed E-state index contributed by atoms with van der Waals surface area (Å²) in [5.41, 5.74) is -0.736. The minimum Gasteiger partial charge on any atom is -0.451 e. The summed E-state index contributed by atoms with van der Waals surface area (Å²) >= 11 is 0. The Balaban J connectivity index is 1.97. The number of carbonyl (C=O) groups is 2. The first-order chi connectivity index (χ1) is 10.7. The second-order valence-electron chi connectivity index (χ2n) is 7.99. The van der Waals surface area contributed by atoms with Crippen molar-refractivity contribution in [1.29, 1.82) is 0 Å². The van der Waals surface area contributed by atoms with Gasteiger partial charge in [0, 0.05) is 17.1 Å². The maximum Gasteiger partial charge on any atom is 0.333 e. The van der Waals surface area contributed by atoms with Crippen molar-refractivity contribution in [3.05, 3.63) is 24.3 Å². The Hall–Kier alpha value is -1.58. The Labute approximate surface area is 137 Å². The minimum absolute atomic E-state index is 0.245. The molecule has 0 aromatic carbocycles. The van der Waals surface area contributed by atoms with E-state index in [1.807, 2.05) is 6.92 Å². The maximum atomic E-state index is 12.3. The van der Waals surface area contributed by atoms with E-state index in [1.165, 1.54) is 6.42 Å². The molecule has 0 amide bonds. The lowest BCUT2D eigenvalue weighted by Crippen LogP contribution is -2.70. The van der Waals surface area contributed by atoms with E-state index in [4.69, 9.17) is 9.47 Å². The van der Waals surface area contributed by atoms with Gasteiger partial charge in [-0.1, -0.05) is 13.2 Å². The summed E-state index contributed by atoms with van der Waals surface area (Å²) < 4.78 is 11.9. The Morgan fingerprint density at radius 2 is 1.39 bits per heavy atom. The highest BCUT2D eigenvalue weighted by molar-refractivity contribution is 5.88. The van der Waals surface area contributed by atoms with Crippen LogP contribution < -0.4 is 0 Å². The quantitative estimate of drug-likeness (QED) is 0.587. The van der Waals surface area contributed by atoms with Crippen LogP contribution >= 0.6 is 0 Å². The van der Waals surface area contributed by atoms with E-state index in [1.54, 1.807) is 13.8 Å². The highest BCUT2D eigenvalue weighted by atomic mass is 16.6. The molecule has 23 heavy (non-hydrogen) atoms. The standard InChI is InChI=1S/C19H26O4/c1-11(2)16(20)22-18(5)15-7-13-6-14(8-15)10-19(18,9-13)23-17(21)12(3)4/h13-15H,1,3,6-10H2,2,4-5H3. The summed E-state index contributed by atoms with van der Waals surface area (Å²) in [5, 5.41) is 0. The van der Waals surface area contributed by atoms with E-state index in [0.717, 1.165) is 25.7 Å². The van der Waals surface area contributed by atoms with Crippen molar-refractivity contribution in [3.8, 4) is 0 Å². The van der Waals surface area contributed by atoms with Gasteiger partial charge < -0.3 is 9.47 Å². The van der Waals surface area contributed by atoms with Crippen LogP contribution in [-0.2, 0) is 19.1 Å². The second kappa shape index (κ2) is 5.22. The van der Waals surface area contributed by atoms with Crippen molar-refractivity contribution in [3.63, 3.8) is 0 Å². The first-order valence-corrected chi connectivity index (χ1v) is 8.44. The van der Waals surface area contributed by atoms with Crippen molar-refractivity contribution in [1.82, 2.24) is 0 Å². The smallest absolute Gasteiger partial charge is 0.333 e. The third-order valence-corrected chi connectivity index (χ3v) is 6.11. The fraction of sp³-hybridized carbons (Fsp3) is 0.684. The fourth-order valence-electron chi connectivity index (χ4n) is 5.05. The number of rotatable bonds is 4. The number of ether oxygens (including phenoxy) is 2. The second-order valence-corrected chi connectivity index (χ2v) is 7.99.